The Morgan fingerprint density at radius 1 is 1.12 bits per heavy atom. The zero-order chi connectivity index (χ0) is 18.6. The van der Waals surface area contributed by atoms with E-state index in [4.69, 9.17) is 5.26 Å². The van der Waals surface area contributed by atoms with Crippen LogP contribution in [-0.2, 0) is 14.8 Å². The van der Waals surface area contributed by atoms with Gasteiger partial charge in [0, 0.05) is 37.1 Å². The molecule has 26 heavy (non-hydrogen) atoms. The monoisotopic (exact) mass is 387 g/mol. The molecule has 2 heterocycles. The van der Waals surface area contributed by atoms with Gasteiger partial charge in [-0.3, -0.25) is 4.79 Å². The molecule has 0 N–H and O–H groups in total. The van der Waals surface area contributed by atoms with Gasteiger partial charge in [-0.25, -0.2) is 8.42 Å². The van der Waals surface area contributed by atoms with Crippen molar-refractivity contribution >= 4 is 33.3 Å². The van der Waals surface area contributed by atoms with Crippen LogP contribution in [0.3, 0.4) is 0 Å². The summed E-state index contributed by atoms with van der Waals surface area (Å²) < 4.78 is 26.7. The molecule has 2 aromatic rings. The van der Waals surface area contributed by atoms with Crippen LogP contribution in [0.2, 0.25) is 0 Å². The number of carbonyl (C=O) groups excluding carboxylic acids is 1. The van der Waals surface area contributed by atoms with Crippen LogP contribution in [0.15, 0.2) is 52.7 Å². The predicted octanol–water partition coefficient (Wildman–Crippen LogP) is 2.17. The molecule has 1 amide bonds. The molecular formula is C18H17N3O3S2. The van der Waals surface area contributed by atoms with Crippen molar-refractivity contribution in [3.05, 3.63) is 58.3 Å². The summed E-state index contributed by atoms with van der Waals surface area (Å²) in [5.74, 6) is -0.117. The fourth-order valence-corrected chi connectivity index (χ4v) is 4.68. The average Bonchev–Trinajstić information content (AvgIpc) is 3.20. The summed E-state index contributed by atoms with van der Waals surface area (Å²) in [5, 5.41) is 10.8. The number of sulfonamides is 1. The van der Waals surface area contributed by atoms with E-state index in [2.05, 4.69) is 0 Å². The Bertz CT molecular complexity index is 935. The minimum Gasteiger partial charge on any atom is -0.337 e. The van der Waals surface area contributed by atoms with E-state index in [0.717, 1.165) is 4.88 Å². The van der Waals surface area contributed by atoms with Crippen LogP contribution >= 0.6 is 11.3 Å². The van der Waals surface area contributed by atoms with Crippen molar-refractivity contribution in [1.82, 2.24) is 9.21 Å². The second kappa shape index (κ2) is 7.83. The molecule has 0 saturated carbocycles. The van der Waals surface area contributed by atoms with E-state index in [-0.39, 0.29) is 23.9 Å². The highest BCUT2D eigenvalue weighted by atomic mass is 32.2. The smallest absolute Gasteiger partial charge is 0.246 e. The maximum atomic E-state index is 12.7. The Balaban J connectivity index is 1.62. The van der Waals surface area contributed by atoms with Crippen LogP contribution in [0.5, 0.6) is 0 Å². The zero-order valence-corrected chi connectivity index (χ0v) is 15.5. The van der Waals surface area contributed by atoms with Crippen molar-refractivity contribution in [2.45, 2.75) is 4.90 Å². The largest absolute Gasteiger partial charge is 0.337 e. The lowest BCUT2D eigenvalue weighted by atomic mass is 10.2. The van der Waals surface area contributed by atoms with Crippen molar-refractivity contribution in [2.24, 2.45) is 0 Å². The summed E-state index contributed by atoms with van der Waals surface area (Å²) in [4.78, 5) is 15.0. The van der Waals surface area contributed by atoms with E-state index in [9.17, 15) is 13.2 Å². The Morgan fingerprint density at radius 2 is 1.81 bits per heavy atom. The molecule has 0 unspecified atom stereocenters. The maximum Gasteiger partial charge on any atom is 0.246 e. The molecule has 0 radical (unpaired) electrons. The second-order valence-corrected chi connectivity index (χ2v) is 8.63. The SMILES string of the molecule is N#Cc1ccc(S(=O)(=O)N2CCN(C(=O)/C=C/c3cccs3)CC2)cc1. The molecule has 1 aromatic carbocycles. The molecule has 1 aliphatic heterocycles. The van der Waals surface area contributed by atoms with E-state index < -0.39 is 10.0 Å². The highest BCUT2D eigenvalue weighted by molar-refractivity contribution is 7.89. The number of nitriles is 1. The molecule has 8 heteroatoms. The summed E-state index contributed by atoms with van der Waals surface area (Å²) >= 11 is 1.55. The zero-order valence-electron chi connectivity index (χ0n) is 13.9. The number of benzene rings is 1. The minimum atomic E-state index is -3.61. The maximum absolute atomic E-state index is 12.7. The van der Waals surface area contributed by atoms with Gasteiger partial charge in [0.25, 0.3) is 0 Å². The first-order chi connectivity index (χ1) is 12.5. The number of amides is 1. The third kappa shape index (κ3) is 4.02. The highest BCUT2D eigenvalue weighted by Gasteiger charge is 2.29. The molecule has 0 bridgehead atoms. The van der Waals surface area contributed by atoms with E-state index in [1.807, 2.05) is 23.6 Å². The number of thiophene rings is 1. The minimum absolute atomic E-state index is 0.117. The van der Waals surface area contributed by atoms with Gasteiger partial charge in [-0.1, -0.05) is 6.07 Å². The number of carbonyl (C=O) groups is 1. The fraction of sp³-hybridized carbons (Fsp3) is 0.222. The molecule has 0 aliphatic carbocycles. The average molecular weight is 387 g/mol. The summed E-state index contributed by atoms with van der Waals surface area (Å²) in [6.07, 6.45) is 3.30. The van der Waals surface area contributed by atoms with Gasteiger partial charge >= 0.3 is 0 Å². The van der Waals surface area contributed by atoms with Gasteiger partial charge in [-0.2, -0.15) is 9.57 Å². The first-order valence-electron chi connectivity index (χ1n) is 8.01. The Kier molecular flexibility index (Phi) is 5.52. The number of piperazine rings is 1. The van der Waals surface area contributed by atoms with Crippen LogP contribution in [0, 0.1) is 11.3 Å². The first kappa shape index (κ1) is 18.3. The molecule has 134 valence electrons. The van der Waals surface area contributed by atoms with Crippen LogP contribution < -0.4 is 0 Å². The number of hydrogen-bond donors (Lipinski definition) is 0. The van der Waals surface area contributed by atoms with Gasteiger partial charge in [-0.05, 0) is 41.8 Å². The summed E-state index contributed by atoms with van der Waals surface area (Å²) in [7, 11) is -3.61. The van der Waals surface area contributed by atoms with Crippen molar-refractivity contribution in [1.29, 1.82) is 5.26 Å². The topological polar surface area (TPSA) is 81.5 Å². The Labute approximate surface area is 156 Å². The third-order valence-corrected chi connectivity index (χ3v) is 6.86. The molecule has 1 aliphatic rings. The fourth-order valence-electron chi connectivity index (χ4n) is 2.64. The quantitative estimate of drug-likeness (QED) is 0.753. The molecule has 1 saturated heterocycles. The Morgan fingerprint density at radius 3 is 2.38 bits per heavy atom. The molecule has 6 nitrogen and oxygen atoms in total. The predicted molar refractivity (Wildman–Crippen MR) is 99.8 cm³/mol. The van der Waals surface area contributed by atoms with Gasteiger partial charge in [0.05, 0.1) is 16.5 Å². The molecular weight excluding hydrogens is 370 g/mol. The van der Waals surface area contributed by atoms with Crippen molar-refractivity contribution in [2.75, 3.05) is 26.2 Å². The van der Waals surface area contributed by atoms with Gasteiger partial charge in [0.15, 0.2) is 0 Å². The second-order valence-electron chi connectivity index (χ2n) is 5.71. The highest BCUT2D eigenvalue weighted by Crippen LogP contribution is 2.18. The number of nitrogens with zero attached hydrogens (tertiary/aromatic N) is 3. The van der Waals surface area contributed by atoms with Gasteiger partial charge in [-0.15, -0.1) is 11.3 Å². The molecule has 1 fully saturated rings. The molecule has 0 spiro atoms. The van der Waals surface area contributed by atoms with Crippen LogP contribution in [-0.4, -0.2) is 49.7 Å². The van der Waals surface area contributed by atoms with Crippen molar-refractivity contribution in [3.63, 3.8) is 0 Å². The van der Waals surface area contributed by atoms with Gasteiger partial charge in [0.2, 0.25) is 15.9 Å². The van der Waals surface area contributed by atoms with E-state index >= 15 is 0 Å². The van der Waals surface area contributed by atoms with E-state index in [1.54, 1.807) is 22.3 Å². The lowest BCUT2D eigenvalue weighted by molar-refractivity contribution is -0.127. The van der Waals surface area contributed by atoms with E-state index in [1.165, 1.54) is 34.6 Å². The lowest BCUT2D eigenvalue weighted by Crippen LogP contribution is -2.50. The van der Waals surface area contributed by atoms with Crippen molar-refractivity contribution in [3.8, 4) is 6.07 Å². The van der Waals surface area contributed by atoms with Crippen molar-refractivity contribution < 1.29 is 13.2 Å². The number of hydrogen-bond acceptors (Lipinski definition) is 5. The third-order valence-electron chi connectivity index (χ3n) is 4.10. The normalized spacial score (nSPS) is 15.9. The Hall–Kier alpha value is -2.47. The van der Waals surface area contributed by atoms with E-state index in [0.29, 0.717) is 18.7 Å². The first-order valence-corrected chi connectivity index (χ1v) is 10.3. The van der Waals surface area contributed by atoms with Crippen LogP contribution in [0.4, 0.5) is 0 Å². The molecule has 0 atom stereocenters. The van der Waals surface area contributed by atoms with Crippen LogP contribution in [0.1, 0.15) is 10.4 Å². The summed E-state index contributed by atoms with van der Waals surface area (Å²) in [6.45, 7) is 1.20. The summed E-state index contributed by atoms with van der Waals surface area (Å²) in [6, 6.07) is 11.7. The molecule has 1 aromatic heterocycles. The standard InChI is InChI=1S/C18H17N3O3S2/c19-14-15-3-6-17(7-4-15)26(23,24)21-11-9-20(10-12-21)18(22)8-5-16-2-1-13-25-16/h1-8,13H,9-12H2/b8-5+. The van der Waals surface area contributed by atoms with Crippen LogP contribution in [0.25, 0.3) is 6.08 Å². The summed E-state index contributed by atoms with van der Waals surface area (Å²) in [5.41, 5.74) is 0.414. The lowest BCUT2D eigenvalue weighted by Gasteiger charge is -2.33. The number of rotatable bonds is 4. The molecule has 3 rings (SSSR count). The van der Waals surface area contributed by atoms with Gasteiger partial charge < -0.3 is 4.90 Å². The van der Waals surface area contributed by atoms with Gasteiger partial charge in [0.1, 0.15) is 0 Å².